The molecular formula is C17H22N6O2. The number of rotatable bonds is 4. The van der Waals surface area contributed by atoms with Crippen molar-refractivity contribution in [2.75, 3.05) is 30.4 Å². The Hall–Kier alpha value is -2.48. The highest BCUT2D eigenvalue weighted by Gasteiger charge is 2.42. The highest BCUT2D eigenvalue weighted by molar-refractivity contribution is 5.36. The lowest BCUT2D eigenvalue weighted by atomic mass is 9.77. The van der Waals surface area contributed by atoms with E-state index in [1.54, 1.807) is 38.1 Å². The number of hydrogen-bond donors (Lipinski definition) is 2. The van der Waals surface area contributed by atoms with Crippen LogP contribution in [0.4, 0.5) is 11.8 Å². The van der Waals surface area contributed by atoms with Crippen molar-refractivity contribution in [3.63, 3.8) is 0 Å². The number of aliphatic hydroxyl groups excluding tert-OH is 1. The maximum absolute atomic E-state index is 10.5. The molecule has 3 heterocycles. The first-order valence-corrected chi connectivity index (χ1v) is 8.54. The minimum atomic E-state index is -0.389. The summed E-state index contributed by atoms with van der Waals surface area (Å²) in [5.41, 5.74) is 0. The van der Waals surface area contributed by atoms with Crippen LogP contribution >= 0.6 is 0 Å². The molecule has 0 spiro atoms. The Labute approximate surface area is 146 Å². The maximum atomic E-state index is 10.5. The zero-order chi connectivity index (χ0) is 17.2. The molecule has 2 aromatic rings. The molecule has 1 saturated heterocycles. The Balaban J connectivity index is 1.42. The number of nitrogens with one attached hydrogen (secondary N) is 1. The third kappa shape index (κ3) is 3.34. The first kappa shape index (κ1) is 16.0. The van der Waals surface area contributed by atoms with Gasteiger partial charge in [-0.1, -0.05) is 0 Å². The van der Waals surface area contributed by atoms with E-state index in [0.717, 1.165) is 31.9 Å². The maximum Gasteiger partial charge on any atom is 0.225 e. The minimum Gasteiger partial charge on any atom is -0.494 e. The third-order valence-corrected chi connectivity index (χ3v) is 5.17. The van der Waals surface area contributed by atoms with Crippen molar-refractivity contribution in [3.8, 4) is 5.75 Å². The Kier molecular flexibility index (Phi) is 4.35. The fraction of sp³-hybridized carbons (Fsp3) is 0.529. The van der Waals surface area contributed by atoms with Crippen molar-refractivity contribution in [3.05, 3.63) is 31.0 Å². The SMILES string of the molecule is COc1cnc(N2C[C@H]3C[C@@H](Nc4cnccn4)[C@H](O)C[C@H]3C2)nc1. The molecule has 25 heavy (non-hydrogen) atoms. The number of nitrogens with zero attached hydrogens (tertiary/aromatic N) is 5. The molecule has 0 bridgehead atoms. The monoisotopic (exact) mass is 342 g/mol. The van der Waals surface area contributed by atoms with Gasteiger partial charge in [-0.05, 0) is 24.7 Å². The van der Waals surface area contributed by atoms with Gasteiger partial charge in [0.15, 0.2) is 5.75 Å². The van der Waals surface area contributed by atoms with Crippen LogP contribution in [0.15, 0.2) is 31.0 Å². The minimum absolute atomic E-state index is 0.00492. The van der Waals surface area contributed by atoms with Crippen LogP contribution in [0.25, 0.3) is 0 Å². The van der Waals surface area contributed by atoms with E-state index in [2.05, 4.69) is 30.2 Å². The molecular weight excluding hydrogens is 320 g/mol. The molecule has 0 radical (unpaired) electrons. The average molecular weight is 342 g/mol. The molecule has 4 atom stereocenters. The average Bonchev–Trinajstić information content (AvgIpc) is 3.05. The fourth-order valence-electron chi connectivity index (χ4n) is 3.89. The lowest BCUT2D eigenvalue weighted by Crippen LogP contribution is -2.43. The van der Waals surface area contributed by atoms with Crippen LogP contribution in [-0.2, 0) is 0 Å². The Morgan fingerprint density at radius 2 is 1.84 bits per heavy atom. The number of aromatic nitrogens is 4. The summed E-state index contributed by atoms with van der Waals surface area (Å²) in [5.74, 6) is 3.05. The van der Waals surface area contributed by atoms with Crippen molar-refractivity contribution in [1.29, 1.82) is 0 Å². The van der Waals surface area contributed by atoms with E-state index in [9.17, 15) is 5.11 Å². The van der Waals surface area contributed by atoms with E-state index in [1.807, 2.05) is 0 Å². The molecule has 1 aliphatic carbocycles. The zero-order valence-electron chi connectivity index (χ0n) is 14.1. The molecule has 1 saturated carbocycles. The van der Waals surface area contributed by atoms with Gasteiger partial charge in [0, 0.05) is 25.5 Å². The van der Waals surface area contributed by atoms with E-state index in [0.29, 0.717) is 23.4 Å². The summed E-state index contributed by atoms with van der Waals surface area (Å²) in [6, 6.07) is -0.00492. The van der Waals surface area contributed by atoms with Gasteiger partial charge in [-0.3, -0.25) is 4.98 Å². The highest BCUT2D eigenvalue weighted by atomic mass is 16.5. The summed E-state index contributed by atoms with van der Waals surface area (Å²) in [6.45, 7) is 1.79. The molecule has 0 aromatic carbocycles. The zero-order valence-corrected chi connectivity index (χ0v) is 14.1. The van der Waals surface area contributed by atoms with Gasteiger partial charge in [-0.15, -0.1) is 0 Å². The van der Waals surface area contributed by atoms with Gasteiger partial charge in [-0.2, -0.15) is 0 Å². The van der Waals surface area contributed by atoms with Crippen molar-refractivity contribution < 1.29 is 9.84 Å². The normalized spacial score (nSPS) is 28.5. The van der Waals surface area contributed by atoms with Gasteiger partial charge in [0.2, 0.25) is 5.95 Å². The Morgan fingerprint density at radius 1 is 1.08 bits per heavy atom. The lowest BCUT2D eigenvalue weighted by Gasteiger charge is -2.35. The number of anilines is 2. The quantitative estimate of drug-likeness (QED) is 0.848. The van der Waals surface area contributed by atoms with Crippen LogP contribution in [0, 0.1) is 11.8 Å². The summed E-state index contributed by atoms with van der Waals surface area (Å²) in [7, 11) is 1.61. The highest BCUT2D eigenvalue weighted by Crippen LogP contribution is 2.38. The van der Waals surface area contributed by atoms with E-state index in [4.69, 9.17) is 4.74 Å². The summed E-state index contributed by atoms with van der Waals surface area (Å²) < 4.78 is 5.12. The largest absolute Gasteiger partial charge is 0.494 e. The van der Waals surface area contributed by atoms with Crippen LogP contribution in [0.2, 0.25) is 0 Å². The molecule has 1 aliphatic heterocycles. The first-order valence-electron chi connectivity index (χ1n) is 8.54. The molecule has 4 rings (SSSR count). The van der Waals surface area contributed by atoms with Crippen LogP contribution in [0.5, 0.6) is 5.75 Å². The van der Waals surface area contributed by atoms with Gasteiger partial charge in [0.05, 0.1) is 37.8 Å². The second-order valence-corrected chi connectivity index (χ2v) is 6.73. The van der Waals surface area contributed by atoms with Crippen molar-refractivity contribution in [2.45, 2.75) is 25.0 Å². The molecule has 0 amide bonds. The molecule has 2 N–H and O–H groups in total. The molecule has 0 unspecified atom stereocenters. The van der Waals surface area contributed by atoms with E-state index in [1.165, 1.54) is 0 Å². The van der Waals surface area contributed by atoms with E-state index in [-0.39, 0.29) is 12.1 Å². The van der Waals surface area contributed by atoms with Crippen LogP contribution in [0.3, 0.4) is 0 Å². The standard InChI is InChI=1S/C17H22N6O2/c1-25-13-6-20-17(21-7-13)23-9-11-4-14(15(24)5-12(11)10-23)22-16-8-18-2-3-19-16/h2-3,6-8,11-12,14-15,24H,4-5,9-10H2,1H3,(H,19,22)/t11-,12+,14-,15-/m1/s1. The van der Waals surface area contributed by atoms with Gasteiger partial charge < -0.3 is 20.1 Å². The van der Waals surface area contributed by atoms with Crippen molar-refractivity contribution in [1.82, 2.24) is 19.9 Å². The van der Waals surface area contributed by atoms with Crippen molar-refractivity contribution in [2.24, 2.45) is 11.8 Å². The van der Waals surface area contributed by atoms with E-state index >= 15 is 0 Å². The fourth-order valence-corrected chi connectivity index (χ4v) is 3.89. The topological polar surface area (TPSA) is 96.3 Å². The second kappa shape index (κ2) is 6.79. The molecule has 8 nitrogen and oxygen atoms in total. The lowest BCUT2D eigenvalue weighted by molar-refractivity contribution is 0.0737. The summed E-state index contributed by atoms with van der Waals surface area (Å²) in [6.07, 6.45) is 9.64. The predicted molar refractivity (Wildman–Crippen MR) is 92.5 cm³/mol. The molecule has 132 valence electrons. The molecule has 8 heteroatoms. The summed E-state index contributed by atoms with van der Waals surface area (Å²) >= 11 is 0. The number of ether oxygens (including phenoxy) is 1. The smallest absolute Gasteiger partial charge is 0.225 e. The van der Waals surface area contributed by atoms with Crippen LogP contribution in [0.1, 0.15) is 12.8 Å². The van der Waals surface area contributed by atoms with Crippen LogP contribution in [-0.4, -0.2) is 57.4 Å². The van der Waals surface area contributed by atoms with Gasteiger partial charge in [0.1, 0.15) is 5.82 Å². The van der Waals surface area contributed by atoms with Crippen molar-refractivity contribution >= 4 is 11.8 Å². The summed E-state index contributed by atoms with van der Waals surface area (Å²) in [4.78, 5) is 19.3. The molecule has 2 aliphatic rings. The van der Waals surface area contributed by atoms with Gasteiger partial charge in [0.25, 0.3) is 0 Å². The molecule has 2 fully saturated rings. The summed E-state index contributed by atoms with van der Waals surface area (Å²) in [5, 5.41) is 13.8. The third-order valence-electron chi connectivity index (χ3n) is 5.17. The van der Waals surface area contributed by atoms with E-state index < -0.39 is 0 Å². The number of hydrogen-bond acceptors (Lipinski definition) is 8. The number of methoxy groups -OCH3 is 1. The Bertz CT molecular complexity index is 698. The predicted octanol–water partition coefficient (Wildman–Crippen LogP) is 0.963. The van der Waals surface area contributed by atoms with Gasteiger partial charge in [-0.25, -0.2) is 15.0 Å². The first-order chi connectivity index (χ1) is 12.2. The van der Waals surface area contributed by atoms with Crippen LogP contribution < -0.4 is 15.0 Å². The van der Waals surface area contributed by atoms with Gasteiger partial charge >= 0.3 is 0 Å². The number of aliphatic hydroxyl groups is 1. The molecule has 2 aromatic heterocycles. The number of fused-ring (bicyclic) bond motifs is 1. The second-order valence-electron chi connectivity index (χ2n) is 6.73. The Morgan fingerprint density at radius 3 is 2.52 bits per heavy atom.